The maximum Gasteiger partial charge on any atom is 0.258 e. The number of carbonyl (C=O) groups excluding carboxylic acids is 2. The molecule has 6 heteroatoms. The minimum absolute atomic E-state index is 0.300. The Morgan fingerprint density at radius 1 is 1.06 bits per heavy atom. The Balaban J connectivity index is 0.000000162. The predicted molar refractivity (Wildman–Crippen MR) is 52.5 cm³/mol. The summed E-state index contributed by atoms with van der Waals surface area (Å²) in [7, 11) is 0. The van der Waals surface area contributed by atoms with E-state index in [9.17, 15) is 9.59 Å². The number of benzene rings is 1. The minimum Gasteiger partial charge on any atom is -0.346 e. The Morgan fingerprint density at radius 2 is 1.69 bits per heavy atom. The van der Waals surface area contributed by atoms with E-state index in [-0.39, 0.29) is 11.8 Å². The Bertz CT molecular complexity index is 458. The average molecular weight is 217 g/mol. The van der Waals surface area contributed by atoms with Gasteiger partial charge in [-0.3, -0.25) is 14.9 Å². The van der Waals surface area contributed by atoms with Crippen LogP contribution in [0, 0.1) is 0 Å². The van der Waals surface area contributed by atoms with Crippen molar-refractivity contribution in [2.75, 3.05) is 0 Å². The molecule has 3 rings (SSSR count). The van der Waals surface area contributed by atoms with E-state index in [0.717, 1.165) is 0 Å². The van der Waals surface area contributed by atoms with Crippen LogP contribution in [0.2, 0.25) is 0 Å². The minimum atomic E-state index is -0.300. The fourth-order valence-electron chi connectivity index (χ4n) is 1.25. The third kappa shape index (κ3) is 1.95. The first-order chi connectivity index (χ1) is 7.79. The van der Waals surface area contributed by atoms with Gasteiger partial charge in [-0.1, -0.05) is 12.1 Å². The Kier molecular flexibility index (Phi) is 2.73. The smallest absolute Gasteiger partial charge is 0.258 e. The van der Waals surface area contributed by atoms with Gasteiger partial charge in [-0.15, -0.1) is 5.10 Å². The fourth-order valence-corrected chi connectivity index (χ4v) is 1.25. The third-order valence-corrected chi connectivity index (χ3v) is 1.93. The largest absolute Gasteiger partial charge is 0.346 e. The van der Waals surface area contributed by atoms with Gasteiger partial charge in [-0.25, -0.2) is 0 Å². The van der Waals surface area contributed by atoms with Crippen LogP contribution in [0.15, 0.2) is 41.2 Å². The Labute approximate surface area is 90.2 Å². The van der Waals surface area contributed by atoms with Gasteiger partial charge in [0.15, 0.2) is 0 Å². The molecule has 0 unspecified atom stereocenters. The van der Waals surface area contributed by atoms with Crippen LogP contribution in [-0.2, 0) is 0 Å². The van der Waals surface area contributed by atoms with E-state index < -0.39 is 0 Å². The number of amides is 2. The van der Waals surface area contributed by atoms with Gasteiger partial charge in [0.25, 0.3) is 11.8 Å². The molecule has 80 valence electrons. The lowest BCUT2D eigenvalue weighted by molar-refractivity contribution is 0.0879. The molecule has 0 bridgehead atoms. The molecular weight excluding hydrogens is 210 g/mol. The molecule has 1 aliphatic rings. The van der Waals surface area contributed by atoms with Gasteiger partial charge < -0.3 is 4.52 Å². The summed E-state index contributed by atoms with van der Waals surface area (Å²) in [6.45, 7) is 0. The molecule has 2 aromatic rings. The van der Waals surface area contributed by atoms with Crippen molar-refractivity contribution in [1.29, 1.82) is 0 Å². The second kappa shape index (κ2) is 4.35. The number of nitrogens with zero attached hydrogens (tertiary/aromatic N) is 2. The summed E-state index contributed by atoms with van der Waals surface area (Å²) in [6.07, 6.45) is 2.88. The van der Waals surface area contributed by atoms with Gasteiger partial charge in [0.1, 0.15) is 6.26 Å². The lowest BCUT2D eigenvalue weighted by Gasteiger charge is -1.88. The van der Waals surface area contributed by atoms with Crippen molar-refractivity contribution in [3.63, 3.8) is 0 Å². The lowest BCUT2D eigenvalue weighted by atomic mass is 10.1. The number of aromatic nitrogens is 2. The van der Waals surface area contributed by atoms with E-state index in [2.05, 4.69) is 20.2 Å². The summed E-state index contributed by atoms with van der Waals surface area (Å²) in [5, 5.41) is 8.61. The SMILES string of the molecule is O=C1NC(=O)c2ccccc21.c1conn1. The molecule has 1 aromatic carbocycles. The fraction of sp³-hybridized carbons (Fsp3) is 0. The first kappa shape index (κ1) is 10.0. The first-order valence-corrected chi connectivity index (χ1v) is 4.45. The highest BCUT2D eigenvalue weighted by atomic mass is 16.5. The quantitative estimate of drug-likeness (QED) is 0.654. The van der Waals surface area contributed by atoms with Crippen molar-refractivity contribution >= 4 is 11.8 Å². The standard InChI is InChI=1S/C8H5NO2.C2H2N2O/c10-7-5-3-1-2-4-6(5)8(11)9-7;1-2-5-4-3-1/h1-4H,(H,9,10,11);1-2H. The molecule has 0 saturated carbocycles. The first-order valence-electron chi connectivity index (χ1n) is 4.45. The maximum absolute atomic E-state index is 10.9. The zero-order valence-corrected chi connectivity index (χ0v) is 8.08. The van der Waals surface area contributed by atoms with Crippen LogP contribution in [0.1, 0.15) is 20.7 Å². The highest BCUT2D eigenvalue weighted by Crippen LogP contribution is 2.13. The number of hydrogen-bond acceptors (Lipinski definition) is 5. The maximum atomic E-state index is 10.9. The van der Waals surface area contributed by atoms with Crippen LogP contribution in [0.25, 0.3) is 0 Å². The summed E-state index contributed by atoms with van der Waals surface area (Å²) in [6, 6.07) is 6.74. The van der Waals surface area contributed by atoms with Crippen LogP contribution in [0.3, 0.4) is 0 Å². The Hall–Kier alpha value is -2.50. The molecule has 0 fully saturated rings. The monoisotopic (exact) mass is 217 g/mol. The molecule has 0 saturated heterocycles. The van der Waals surface area contributed by atoms with Crippen molar-refractivity contribution in [2.24, 2.45) is 0 Å². The van der Waals surface area contributed by atoms with Gasteiger partial charge in [-0.05, 0) is 12.1 Å². The summed E-state index contributed by atoms with van der Waals surface area (Å²) in [5.41, 5.74) is 0.940. The van der Waals surface area contributed by atoms with E-state index in [1.807, 2.05) is 0 Å². The van der Waals surface area contributed by atoms with Gasteiger partial charge in [-0.2, -0.15) is 0 Å². The van der Waals surface area contributed by atoms with Crippen LogP contribution in [-0.4, -0.2) is 22.2 Å². The van der Waals surface area contributed by atoms with E-state index in [4.69, 9.17) is 0 Å². The van der Waals surface area contributed by atoms with Crippen LogP contribution < -0.4 is 5.32 Å². The average Bonchev–Trinajstić information content (AvgIpc) is 2.94. The number of carbonyl (C=O) groups is 2. The molecule has 0 spiro atoms. The number of nitrogens with one attached hydrogen (secondary N) is 1. The number of hydrogen-bond donors (Lipinski definition) is 1. The zero-order chi connectivity index (χ0) is 11.4. The third-order valence-electron chi connectivity index (χ3n) is 1.93. The molecule has 2 heterocycles. The number of imide groups is 1. The van der Waals surface area contributed by atoms with Gasteiger partial charge in [0.2, 0.25) is 0 Å². The van der Waals surface area contributed by atoms with Crippen LogP contribution >= 0.6 is 0 Å². The van der Waals surface area contributed by atoms with Crippen molar-refractivity contribution < 1.29 is 14.1 Å². The van der Waals surface area contributed by atoms with E-state index in [1.54, 1.807) is 24.3 Å². The van der Waals surface area contributed by atoms with Gasteiger partial charge in [0.05, 0.1) is 17.3 Å². The molecule has 1 aromatic heterocycles. The molecule has 0 radical (unpaired) electrons. The topological polar surface area (TPSA) is 85.1 Å². The second-order valence-corrected chi connectivity index (χ2v) is 2.92. The van der Waals surface area contributed by atoms with Crippen molar-refractivity contribution in [1.82, 2.24) is 15.7 Å². The lowest BCUT2D eigenvalue weighted by Crippen LogP contribution is -2.19. The highest BCUT2D eigenvalue weighted by molar-refractivity contribution is 6.21. The molecule has 0 aliphatic carbocycles. The van der Waals surface area contributed by atoms with Crippen LogP contribution in [0.5, 0.6) is 0 Å². The van der Waals surface area contributed by atoms with Crippen molar-refractivity contribution in [2.45, 2.75) is 0 Å². The van der Waals surface area contributed by atoms with Crippen molar-refractivity contribution in [3.8, 4) is 0 Å². The highest BCUT2D eigenvalue weighted by Gasteiger charge is 2.25. The number of fused-ring (bicyclic) bond motifs is 1. The molecule has 2 amide bonds. The van der Waals surface area contributed by atoms with Crippen molar-refractivity contribution in [3.05, 3.63) is 47.9 Å². The van der Waals surface area contributed by atoms with Gasteiger partial charge >= 0.3 is 0 Å². The van der Waals surface area contributed by atoms with Crippen LogP contribution in [0.4, 0.5) is 0 Å². The normalized spacial score (nSPS) is 12.5. The zero-order valence-electron chi connectivity index (χ0n) is 8.08. The summed E-state index contributed by atoms with van der Waals surface area (Å²) < 4.78 is 4.22. The van der Waals surface area contributed by atoms with Gasteiger partial charge in [0, 0.05) is 5.27 Å². The Morgan fingerprint density at radius 3 is 2.06 bits per heavy atom. The molecule has 1 aliphatic heterocycles. The van der Waals surface area contributed by atoms with E-state index in [0.29, 0.717) is 11.1 Å². The molecule has 0 atom stereocenters. The van der Waals surface area contributed by atoms with E-state index in [1.165, 1.54) is 12.5 Å². The summed E-state index contributed by atoms with van der Waals surface area (Å²) in [5.74, 6) is -0.601. The number of rotatable bonds is 0. The molecular formula is C10H7N3O3. The second-order valence-electron chi connectivity index (χ2n) is 2.92. The molecule has 1 N–H and O–H groups in total. The predicted octanol–water partition coefficient (Wildman–Crippen LogP) is 0.640. The summed E-state index contributed by atoms with van der Waals surface area (Å²) in [4.78, 5) is 21.9. The molecule has 6 nitrogen and oxygen atoms in total. The van der Waals surface area contributed by atoms with E-state index >= 15 is 0 Å². The summed E-state index contributed by atoms with van der Waals surface area (Å²) >= 11 is 0. The molecule has 16 heavy (non-hydrogen) atoms.